The standard InChI is InChI=1S/C5H12Te/c1-4-6-5(2)3/h5H,4H2,1-3H3. The van der Waals surface area contributed by atoms with E-state index in [4.69, 9.17) is 0 Å². The summed E-state index contributed by atoms with van der Waals surface area (Å²) in [5, 5.41) is 0. The van der Waals surface area contributed by atoms with Crippen LogP contribution in [0.2, 0.25) is 8.43 Å². The molecule has 0 aromatic carbocycles. The molecule has 0 rings (SSSR count). The summed E-state index contributed by atoms with van der Waals surface area (Å²) in [5.41, 5.74) is 0. The molecular formula is C5H12Te. The second-order valence-corrected chi connectivity index (χ2v) is 6.79. The third kappa shape index (κ3) is 4.79. The monoisotopic (exact) mass is 202 g/mol. The zero-order valence-corrected chi connectivity index (χ0v) is 7.02. The van der Waals surface area contributed by atoms with Gasteiger partial charge in [0.1, 0.15) is 0 Å². The molecular weight excluding hydrogens is 188 g/mol. The first kappa shape index (κ1) is 6.79. The van der Waals surface area contributed by atoms with E-state index in [1.54, 1.807) is 0 Å². The van der Waals surface area contributed by atoms with Crippen molar-refractivity contribution in [2.24, 2.45) is 0 Å². The molecule has 0 heterocycles. The predicted octanol–water partition coefficient (Wildman–Crippen LogP) is 1.96. The molecule has 0 saturated carbocycles. The number of hydrogen-bond donors (Lipinski definition) is 0. The van der Waals surface area contributed by atoms with Crippen molar-refractivity contribution < 1.29 is 0 Å². The van der Waals surface area contributed by atoms with Gasteiger partial charge in [-0.05, 0) is 0 Å². The normalized spacial score (nSPS) is 10.0. The summed E-state index contributed by atoms with van der Waals surface area (Å²) in [7, 11) is 0. The Morgan fingerprint density at radius 1 is 1.50 bits per heavy atom. The molecule has 0 aliphatic carbocycles. The first-order chi connectivity index (χ1) is 2.77. The Hall–Kier alpha value is 0.790. The maximum atomic E-state index is 2.31. The molecule has 0 bridgehead atoms. The third-order valence-corrected chi connectivity index (χ3v) is 3.35. The van der Waals surface area contributed by atoms with Crippen molar-refractivity contribution in [3.8, 4) is 0 Å². The molecule has 0 N–H and O–H groups in total. The quantitative estimate of drug-likeness (QED) is 0.597. The summed E-state index contributed by atoms with van der Waals surface area (Å²) in [4.78, 5) is 0. The van der Waals surface area contributed by atoms with Gasteiger partial charge in [-0.1, -0.05) is 0 Å². The molecule has 1 heteroatoms. The van der Waals surface area contributed by atoms with Crippen molar-refractivity contribution in [2.75, 3.05) is 0 Å². The van der Waals surface area contributed by atoms with Gasteiger partial charge in [0.05, 0.1) is 0 Å². The van der Waals surface area contributed by atoms with E-state index in [0.717, 1.165) is 3.97 Å². The van der Waals surface area contributed by atoms with Gasteiger partial charge in [0, 0.05) is 0 Å². The van der Waals surface area contributed by atoms with Crippen LogP contribution in [0.15, 0.2) is 0 Å². The molecule has 0 aliphatic heterocycles. The van der Waals surface area contributed by atoms with Crippen LogP contribution in [-0.4, -0.2) is 20.9 Å². The zero-order valence-electron chi connectivity index (χ0n) is 4.69. The summed E-state index contributed by atoms with van der Waals surface area (Å²) in [6, 6.07) is 0. The molecule has 0 saturated heterocycles. The van der Waals surface area contributed by atoms with Crippen molar-refractivity contribution in [3.63, 3.8) is 0 Å². The molecule has 0 fully saturated rings. The van der Waals surface area contributed by atoms with Crippen LogP contribution in [0.1, 0.15) is 20.8 Å². The molecule has 38 valence electrons. The number of rotatable bonds is 2. The van der Waals surface area contributed by atoms with Crippen LogP contribution in [0.3, 0.4) is 0 Å². The van der Waals surface area contributed by atoms with Crippen LogP contribution in [0.25, 0.3) is 0 Å². The summed E-state index contributed by atoms with van der Waals surface area (Å²) < 4.78 is 2.49. The Morgan fingerprint density at radius 2 is 2.00 bits per heavy atom. The van der Waals surface area contributed by atoms with Crippen molar-refractivity contribution in [2.45, 2.75) is 29.2 Å². The van der Waals surface area contributed by atoms with Crippen molar-refractivity contribution in [1.29, 1.82) is 0 Å². The van der Waals surface area contributed by atoms with Crippen LogP contribution >= 0.6 is 0 Å². The Labute approximate surface area is 50.4 Å². The van der Waals surface area contributed by atoms with Gasteiger partial charge >= 0.3 is 50.1 Å². The van der Waals surface area contributed by atoms with Crippen LogP contribution in [-0.2, 0) is 0 Å². The van der Waals surface area contributed by atoms with Crippen LogP contribution in [0, 0.1) is 0 Å². The van der Waals surface area contributed by atoms with E-state index < -0.39 is 0 Å². The minimum absolute atomic E-state index is 0.422. The predicted molar refractivity (Wildman–Crippen MR) is 31.3 cm³/mol. The van der Waals surface area contributed by atoms with Gasteiger partial charge in [-0.15, -0.1) is 0 Å². The van der Waals surface area contributed by atoms with E-state index in [1.807, 2.05) is 0 Å². The summed E-state index contributed by atoms with van der Waals surface area (Å²) in [5.74, 6) is 0. The average Bonchev–Trinajstić information content (AvgIpc) is 1.35. The fourth-order valence-electron chi connectivity index (χ4n) is 0.333. The van der Waals surface area contributed by atoms with Gasteiger partial charge in [0.2, 0.25) is 0 Å². The van der Waals surface area contributed by atoms with Gasteiger partial charge in [0.15, 0.2) is 0 Å². The molecule has 0 nitrogen and oxygen atoms in total. The van der Waals surface area contributed by atoms with E-state index >= 15 is 0 Å². The molecule has 0 aromatic rings. The molecule has 0 atom stereocenters. The molecule has 0 aromatic heterocycles. The van der Waals surface area contributed by atoms with E-state index in [1.165, 1.54) is 4.47 Å². The van der Waals surface area contributed by atoms with Gasteiger partial charge in [-0.25, -0.2) is 0 Å². The third-order valence-electron chi connectivity index (χ3n) is 0.500. The van der Waals surface area contributed by atoms with E-state index in [9.17, 15) is 0 Å². The maximum absolute atomic E-state index is 2.31. The molecule has 0 radical (unpaired) electrons. The minimum atomic E-state index is 0.422. The van der Waals surface area contributed by atoms with Crippen molar-refractivity contribution in [1.82, 2.24) is 0 Å². The molecule has 0 unspecified atom stereocenters. The Kier molecular flexibility index (Phi) is 4.48. The Morgan fingerprint density at radius 3 is 2.00 bits per heavy atom. The average molecular weight is 200 g/mol. The molecule has 0 aliphatic rings. The summed E-state index contributed by atoms with van der Waals surface area (Å²) >= 11 is 0.422. The van der Waals surface area contributed by atoms with Crippen molar-refractivity contribution >= 4 is 20.9 Å². The first-order valence-corrected chi connectivity index (χ1v) is 5.38. The van der Waals surface area contributed by atoms with E-state index in [0.29, 0.717) is 20.9 Å². The summed E-state index contributed by atoms with van der Waals surface area (Å²) in [6.45, 7) is 6.90. The van der Waals surface area contributed by atoms with E-state index in [2.05, 4.69) is 20.8 Å². The van der Waals surface area contributed by atoms with Gasteiger partial charge < -0.3 is 0 Å². The van der Waals surface area contributed by atoms with Crippen molar-refractivity contribution in [3.05, 3.63) is 0 Å². The first-order valence-electron chi connectivity index (χ1n) is 2.39. The van der Waals surface area contributed by atoms with Crippen LogP contribution < -0.4 is 0 Å². The SMILES string of the molecule is CC[Te]C(C)C. The van der Waals surface area contributed by atoms with Crippen LogP contribution in [0.4, 0.5) is 0 Å². The fourth-order valence-corrected chi connectivity index (χ4v) is 2.24. The fraction of sp³-hybridized carbons (Fsp3) is 1.00. The topological polar surface area (TPSA) is 0 Å². The van der Waals surface area contributed by atoms with Gasteiger partial charge in [0.25, 0.3) is 0 Å². The van der Waals surface area contributed by atoms with E-state index in [-0.39, 0.29) is 0 Å². The van der Waals surface area contributed by atoms with Crippen LogP contribution in [0.5, 0.6) is 0 Å². The summed E-state index contributed by atoms with van der Waals surface area (Å²) in [6.07, 6.45) is 0. The second-order valence-electron chi connectivity index (χ2n) is 1.50. The van der Waals surface area contributed by atoms with Gasteiger partial charge in [-0.2, -0.15) is 0 Å². The molecule has 6 heavy (non-hydrogen) atoms. The Bertz CT molecular complexity index is 25.1. The Balaban J connectivity index is 2.63. The van der Waals surface area contributed by atoms with Gasteiger partial charge in [-0.3, -0.25) is 0 Å². The second kappa shape index (κ2) is 3.96. The molecule has 0 amide bonds. The molecule has 0 spiro atoms. The zero-order chi connectivity index (χ0) is 4.99. The number of hydrogen-bond acceptors (Lipinski definition) is 0.